The topological polar surface area (TPSA) is 49.3 Å². The molecule has 98 valence electrons. The summed E-state index contributed by atoms with van der Waals surface area (Å²) in [6, 6.07) is 6.34. The molecule has 0 aliphatic carbocycles. The maximum Gasteiger partial charge on any atom is 0.224 e. The van der Waals surface area contributed by atoms with Crippen molar-refractivity contribution < 1.29 is 14.3 Å². The van der Waals surface area contributed by atoms with Crippen molar-refractivity contribution in [2.45, 2.75) is 25.8 Å². The Labute approximate surface area is 106 Å². The first-order valence-corrected chi connectivity index (χ1v) is 5.94. The molecule has 0 heterocycles. The molecular weight excluding hydrogens is 233 g/mol. The molecular formula is C14H18FNO2. The van der Waals surface area contributed by atoms with E-state index in [1.165, 1.54) is 6.07 Å². The molecule has 0 aromatic heterocycles. The summed E-state index contributed by atoms with van der Waals surface area (Å²) >= 11 is 0. The molecule has 1 atom stereocenters. The van der Waals surface area contributed by atoms with Gasteiger partial charge in [-0.2, -0.15) is 0 Å². The largest absolute Gasteiger partial charge is 0.396 e. The molecule has 0 fully saturated rings. The van der Waals surface area contributed by atoms with Gasteiger partial charge in [0.25, 0.3) is 0 Å². The number of halogens is 1. The van der Waals surface area contributed by atoms with Gasteiger partial charge in [-0.25, -0.2) is 4.39 Å². The molecule has 2 N–H and O–H groups in total. The Balaban J connectivity index is 2.41. The van der Waals surface area contributed by atoms with E-state index in [1.807, 2.05) is 6.92 Å². The molecule has 1 rings (SSSR count). The fraction of sp³-hybridized carbons (Fsp3) is 0.357. The summed E-state index contributed by atoms with van der Waals surface area (Å²) in [6.07, 6.45) is 3.94. The number of rotatable bonds is 6. The highest BCUT2D eigenvalue weighted by Crippen LogP contribution is 2.08. The van der Waals surface area contributed by atoms with Gasteiger partial charge in [-0.15, -0.1) is 0 Å². The third kappa shape index (κ3) is 5.10. The van der Waals surface area contributed by atoms with Crippen LogP contribution in [0.5, 0.6) is 0 Å². The summed E-state index contributed by atoms with van der Waals surface area (Å²) in [7, 11) is 0. The van der Waals surface area contributed by atoms with Gasteiger partial charge < -0.3 is 10.4 Å². The van der Waals surface area contributed by atoms with E-state index in [0.717, 1.165) is 0 Å². The lowest BCUT2D eigenvalue weighted by Crippen LogP contribution is -2.32. The SMILES string of the molecule is CC(CCO)NC(=O)C/C=C/c1ccccc1F. The monoisotopic (exact) mass is 251 g/mol. The molecule has 18 heavy (non-hydrogen) atoms. The van der Waals surface area contributed by atoms with Gasteiger partial charge in [0.15, 0.2) is 0 Å². The van der Waals surface area contributed by atoms with E-state index in [-0.39, 0.29) is 30.8 Å². The number of hydrogen-bond donors (Lipinski definition) is 2. The van der Waals surface area contributed by atoms with E-state index >= 15 is 0 Å². The summed E-state index contributed by atoms with van der Waals surface area (Å²) in [6.45, 7) is 1.88. The van der Waals surface area contributed by atoms with E-state index in [2.05, 4.69) is 5.32 Å². The molecule has 0 spiro atoms. The van der Waals surface area contributed by atoms with Crippen LogP contribution >= 0.6 is 0 Å². The van der Waals surface area contributed by atoms with E-state index in [9.17, 15) is 9.18 Å². The van der Waals surface area contributed by atoms with E-state index in [4.69, 9.17) is 5.11 Å². The van der Waals surface area contributed by atoms with Crippen LogP contribution in [0.15, 0.2) is 30.3 Å². The lowest BCUT2D eigenvalue weighted by molar-refractivity contribution is -0.120. The first-order chi connectivity index (χ1) is 8.63. The van der Waals surface area contributed by atoms with Gasteiger partial charge in [0, 0.05) is 24.6 Å². The molecule has 4 heteroatoms. The summed E-state index contributed by atoms with van der Waals surface area (Å²) in [5.41, 5.74) is 0.466. The van der Waals surface area contributed by atoms with Crippen molar-refractivity contribution in [1.29, 1.82) is 0 Å². The molecule has 3 nitrogen and oxygen atoms in total. The maximum atomic E-state index is 13.2. The van der Waals surface area contributed by atoms with Gasteiger partial charge >= 0.3 is 0 Å². The van der Waals surface area contributed by atoms with Crippen molar-refractivity contribution in [3.63, 3.8) is 0 Å². The molecule has 0 bridgehead atoms. The zero-order chi connectivity index (χ0) is 13.4. The van der Waals surface area contributed by atoms with Crippen LogP contribution in [0.1, 0.15) is 25.3 Å². The number of carbonyl (C=O) groups excluding carboxylic acids is 1. The van der Waals surface area contributed by atoms with Gasteiger partial charge in [-0.3, -0.25) is 4.79 Å². The van der Waals surface area contributed by atoms with Crippen LogP contribution in [0.3, 0.4) is 0 Å². The van der Waals surface area contributed by atoms with Gasteiger partial charge in [-0.1, -0.05) is 30.4 Å². The molecule has 0 aliphatic heterocycles. The number of aliphatic hydroxyl groups excluding tert-OH is 1. The first-order valence-electron chi connectivity index (χ1n) is 5.94. The van der Waals surface area contributed by atoms with E-state index < -0.39 is 0 Å². The third-order valence-corrected chi connectivity index (χ3v) is 2.48. The number of amides is 1. The number of nitrogens with one attached hydrogen (secondary N) is 1. The Morgan fingerprint density at radius 2 is 2.22 bits per heavy atom. The van der Waals surface area contributed by atoms with Gasteiger partial charge in [-0.05, 0) is 19.4 Å². The zero-order valence-electron chi connectivity index (χ0n) is 10.4. The fourth-order valence-corrected chi connectivity index (χ4v) is 1.50. The minimum atomic E-state index is -0.303. The maximum absolute atomic E-state index is 13.2. The molecule has 0 saturated heterocycles. The lowest BCUT2D eigenvalue weighted by atomic mass is 10.2. The summed E-state index contributed by atoms with van der Waals surface area (Å²) in [5.74, 6) is -0.439. The van der Waals surface area contributed by atoms with Crippen molar-refractivity contribution in [2.24, 2.45) is 0 Å². The van der Waals surface area contributed by atoms with Gasteiger partial charge in [0.2, 0.25) is 5.91 Å². The highest BCUT2D eigenvalue weighted by atomic mass is 19.1. The van der Waals surface area contributed by atoms with Crippen LogP contribution in [-0.4, -0.2) is 23.7 Å². The Bertz CT molecular complexity index is 418. The minimum Gasteiger partial charge on any atom is -0.396 e. The number of benzene rings is 1. The molecule has 0 radical (unpaired) electrons. The molecule has 0 saturated carbocycles. The summed E-state index contributed by atoms with van der Waals surface area (Å²) in [5, 5.41) is 11.4. The standard InChI is InChI=1S/C14H18FNO2/c1-11(9-10-17)16-14(18)8-4-6-12-5-2-3-7-13(12)15/h2-7,11,17H,8-10H2,1H3,(H,16,18)/b6-4+. The minimum absolute atomic E-state index is 0.0481. The van der Waals surface area contributed by atoms with Crippen molar-refractivity contribution in [3.05, 3.63) is 41.7 Å². The average Bonchev–Trinajstić information content (AvgIpc) is 2.31. The number of carbonyl (C=O) groups is 1. The lowest BCUT2D eigenvalue weighted by Gasteiger charge is -2.10. The second-order valence-corrected chi connectivity index (χ2v) is 4.11. The van der Waals surface area contributed by atoms with Gasteiger partial charge in [0.05, 0.1) is 0 Å². The van der Waals surface area contributed by atoms with E-state index in [0.29, 0.717) is 12.0 Å². The zero-order valence-corrected chi connectivity index (χ0v) is 10.4. The predicted molar refractivity (Wildman–Crippen MR) is 69.4 cm³/mol. The van der Waals surface area contributed by atoms with Gasteiger partial charge in [0.1, 0.15) is 5.82 Å². The third-order valence-electron chi connectivity index (χ3n) is 2.48. The van der Waals surface area contributed by atoms with E-state index in [1.54, 1.807) is 30.4 Å². The molecule has 1 unspecified atom stereocenters. The van der Waals surface area contributed by atoms with Crippen molar-refractivity contribution in [3.8, 4) is 0 Å². The second kappa shape index (κ2) is 7.61. The molecule has 0 aliphatic rings. The average molecular weight is 251 g/mol. The summed E-state index contributed by atoms with van der Waals surface area (Å²) < 4.78 is 13.2. The number of aliphatic hydroxyl groups is 1. The first kappa shape index (κ1) is 14.4. The summed E-state index contributed by atoms with van der Waals surface area (Å²) in [4.78, 5) is 11.5. The Hall–Kier alpha value is -1.68. The quantitative estimate of drug-likeness (QED) is 0.813. The highest BCUT2D eigenvalue weighted by molar-refractivity contribution is 5.78. The van der Waals surface area contributed by atoms with Crippen molar-refractivity contribution in [2.75, 3.05) is 6.61 Å². The smallest absolute Gasteiger partial charge is 0.224 e. The van der Waals surface area contributed by atoms with Crippen LogP contribution in [0.2, 0.25) is 0 Å². The Kier molecular flexibility index (Phi) is 6.08. The normalized spacial score (nSPS) is 12.6. The Morgan fingerprint density at radius 1 is 1.50 bits per heavy atom. The molecule has 1 aromatic carbocycles. The van der Waals surface area contributed by atoms with Crippen molar-refractivity contribution in [1.82, 2.24) is 5.32 Å². The van der Waals surface area contributed by atoms with Crippen LogP contribution in [0, 0.1) is 5.82 Å². The molecule has 1 amide bonds. The van der Waals surface area contributed by atoms with Crippen LogP contribution < -0.4 is 5.32 Å². The fourth-order valence-electron chi connectivity index (χ4n) is 1.50. The predicted octanol–water partition coefficient (Wildman–Crippen LogP) is 2.12. The number of hydrogen-bond acceptors (Lipinski definition) is 2. The van der Waals surface area contributed by atoms with Crippen molar-refractivity contribution >= 4 is 12.0 Å². The molecule has 1 aromatic rings. The van der Waals surface area contributed by atoms with Crippen LogP contribution in [-0.2, 0) is 4.79 Å². The Morgan fingerprint density at radius 3 is 2.89 bits per heavy atom. The highest BCUT2D eigenvalue weighted by Gasteiger charge is 2.04. The van der Waals surface area contributed by atoms with Crippen LogP contribution in [0.4, 0.5) is 4.39 Å². The second-order valence-electron chi connectivity index (χ2n) is 4.11. The van der Waals surface area contributed by atoms with Crippen LogP contribution in [0.25, 0.3) is 6.08 Å².